The molecule has 1 atom stereocenters. The molecule has 0 bridgehead atoms. The molecule has 0 saturated carbocycles. The van der Waals surface area contributed by atoms with Gasteiger partial charge in [-0.15, -0.1) is 0 Å². The van der Waals surface area contributed by atoms with Crippen molar-refractivity contribution in [3.05, 3.63) is 51.2 Å². The average molecular weight is 385 g/mol. The van der Waals surface area contributed by atoms with E-state index in [0.717, 1.165) is 18.4 Å². The summed E-state index contributed by atoms with van der Waals surface area (Å²) in [5.74, 6) is 0.544. The maximum atomic E-state index is 12.5. The smallest absolute Gasteiger partial charge is 0.282 e. The van der Waals surface area contributed by atoms with Crippen LogP contribution in [0.4, 0.5) is 0 Å². The normalized spacial score (nSPS) is 19.2. The van der Waals surface area contributed by atoms with E-state index in [4.69, 9.17) is 11.6 Å². The van der Waals surface area contributed by atoms with Gasteiger partial charge in [0.2, 0.25) is 10.0 Å². The van der Waals surface area contributed by atoms with E-state index in [9.17, 15) is 13.2 Å². The third kappa shape index (κ3) is 3.96. The first-order valence-electron chi connectivity index (χ1n) is 8.09. The summed E-state index contributed by atoms with van der Waals surface area (Å²) in [5, 5.41) is 5.09. The predicted molar refractivity (Wildman–Crippen MR) is 96.4 cm³/mol. The Kier molecular flexibility index (Phi) is 5.04. The molecule has 2 aromatic rings. The van der Waals surface area contributed by atoms with Crippen LogP contribution in [0.1, 0.15) is 30.1 Å². The summed E-state index contributed by atoms with van der Waals surface area (Å²) in [5.41, 5.74) is 0.673. The first kappa shape index (κ1) is 18.2. The number of rotatable bonds is 4. The topological polar surface area (TPSA) is 77.2 Å². The van der Waals surface area contributed by atoms with Crippen molar-refractivity contribution in [2.75, 3.05) is 19.3 Å². The fraction of sp³-hybridized carbons (Fsp3) is 0.500. The molecular formula is C16H21ClN4O3S. The maximum absolute atomic E-state index is 12.5. The summed E-state index contributed by atoms with van der Waals surface area (Å²) in [7, 11) is -1.56. The third-order valence-electron chi connectivity index (χ3n) is 4.51. The minimum atomic E-state index is -3.24. The Morgan fingerprint density at radius 1 is 1.36 bits per heavy atom. The molecule has 7 nitrogen and oxygen atoms in total. The van der Waals surface area contributed by atoms with E-state index < -0.39 is 10.0 Å². The lowest BCUT2D eigenvalue weighted by Crippen LogP contribution is -2.39. The van der Waals surface area contributed by atoms with Crippen molar-refractivity contribution < 1.29 is 8.42 Å². The molecule has 9 heteroatoms. The SMILES string of the molecule is Cn1c([C@@H]2CCCN(S(C)(=O)=O)C2)nn(Cc2cccc(Cl)c2)c1=O. The monoisotopic (exact) mass is 384 g/mol. The standard InChI is InChI=1S/C16H21ClN4O3S/c1-19-15(13-6-4-8-20(11-13)25(2,23)24)18-21(16(19)22)10-12-5-3-7-14(17)9-12/h3,5,7,9,13H,4,6,8,10-11H2,1-2H3/t13-/m1/s1. The summed E-state index contributed by atoms with van der Waals surface area (Å²) in [4.78, 5) is 12.5. The van der Waals surface area contributed by atoms with Crippen LogP contribution in [0.25, 0.3) is 0 Å². The van der Waals surface area contributed by atoms with Gasteiger partial charge in [0.05, 0.1) is 12.8 Å². The fourth-order valence-corrected chi connectivity index (χ4v) is 4.35. The Morgan fingerprint density at radius 3 is 2.80 bits per heavy atom. The molecule has 1 saturated heterocycles. The molecule has 1 aliphatic heterocycles. The van der Waals surface area contributed by atoms with Crippen LogP contribution < -0.4 is 5.69 Å². The molecule has 1 aromatic carbocycles. The molecule has 0 N–H and O–H groups in total. The third-order valence-corrected chi connectivity index (χ3v) is 6.02. The molecule has 25 heavy (non-hydrogen) atoms. The molecule has 136 valence electrons. The van der Waals surface area contributed by atoms with Crippen LogP contribution in [-0.4, -0.2) is 46.4 Å². The quantitative estimate of drug-likeness (QED) is 0.798. The second kappa shape index (κ2) is 6.93. The van der Waals surface area contributed by atoms with E-state index in [-0.39, 0.29) is 11.6 Å². The zero-order chi connectivity index (χ0) is 18.2. The molecule has 1 fully saturated rings. The van der Waals surface area contributed by atoms with Gasteiger partial charge < -0.3 is 0 Å². The van der Waals surface area contributed by atoms with Gasteiger partial charge in [0.1, 0.15) is 5.82 Å². The Hall–Kier alpha value is -1.64. The Labute approximate surface area is 151 Å². The first-order valence-corrected chi connectivity index (χ1v) is 10.3. The Bertz CT molecular complexity index is 935. The zero-order valence-corrected chi connectivity index (χ0v) is 15.8. The number of aromatic nitrogens is 3. The van der Waals surface area contributed by atoms with Crippen LogP contribution >= 0.6 is 11.6 Å². The highest BCUT2D eigenvalue weighted by molar-refractivity contribution is 7.88. The Balaban J connectivity index is 1.87. The van der Waals surface area contributed by atoms with E-state index in [0.29, 0.717) is 30.5 Å². The number of piperidine rings is 1. The minimum Gasteiger partial charge on any atom is -0.282 e. The van der Waals surface area contributed by atoms with Gasteiger partial charge in [-0.3, -0.25) is 4.57 Å². The van der Waals surface area contributed by atoms with Crippen molar-refractivity contribution in [3.8, 4) is 0 Å². The molecule has 1 aromatic heterocycles. The van der Waals surface area contributed by atoms with E-state index in [1.165, 1.54) is 19.8 Å². The van der Waals surface area contributed by atoms with Crippen LogP contribution in [0.2, 0.25) is 5.02 Å². The van der Waals surface area contributed by atoms with Gasteiger partial charge in [-0.25, -0.2) is 22.2 Å². The van der Waals surface area contributed by atoms with Crippen LogP contribution in [0, 0.1) is 0 Å². The van der Waals surface area contributed by atoms with Gasteiger partial charge in [-0.05, 0) is 30.5 Å². The van der Waals surface area contributed by atoms with Crippen LogP contribution in [0.5, 0.6) is 0 Å². The number of nitrogens with zero attached hydrogens (tertiary/aromatic N) is 4. The van der Waals surface area contributed by atoms with Crippen molar-refractivity contribution in [1.29, 1.82) is 0 Å². The van der Waals surface area contributed by atoms with Gasteiger partial charge in [0.25, 0.3) is 0 Å². The van der Waals surface area contributed by atoms with Crippen molar-refractivity contribution in [3.63, 3.8) is 0 Å². The van der Waals surface area contributed by atoms with Crippen LogP contribution in [-0.2, 0) is 23.6 Å². The predicted octanol–water partition coefficient (Wildman–Crippen LogP) is 1.42. The molecule has 0 spiro atoms. The van der Waals surface area contributed by atoms with E-state index in [1.807, 2.05) is 12.1 Å². The highest BCUT2D eigenvalue weighted by Crippen LogP contribution is 2.26. The van der Waals surface area contributed by atoms with Gasteiger partial charge in [0.15, 0.2) is 0 Å². The lowest BCUT2D eigenvalue weighted by Gasteiger charge is -2.30. The van der Waals surface area contributed by atoms with E-state index >= 15 is 0 Å². The van der Waals surface area contributed by atoms with Crippen molar-refractivity contribution in [2.24, 2.45) is 7.05 Å². The van der Waals surface area contributed by atoms with E-state index in [2.05, 4.69) is 5.10 Å². The summed E-state index contributed by atoms with van der Waals surface area (Å²) in [6.07, 6.45) is 2.78. The molecular weight excluding hydrogens is 364 g/mol. The molecule has 1 aliphatic rings. The summed E-state index contributed by atoms with van der Waals surface area (Å²) >= 11 is 5.99. The number of benzene rings is 1. The molecule has 0 radical (unpaired) electrons. The highest BCUT2D eigenvalue weighted by atomic mass is 35.5. The van der Waals surface area contributed by atoms with Gasteiger partial charge in [-0.1, -0.05) is 23.7 Å². The maximum Gasteiger partial charge on any atom is 0.345 e. The first-order chi connectivity index (χ1) is 11.8. The molecule has 0 aliphatic carbocycles. The van der Waals surface area contributed by atoms with Crippen molar-refractivity contribution in [1.82, 2.24) is 18.7 Å². The van der Waals surface area contributed by atoms with Crippen LogP contribution in [0.3, 0.4) is 0 Å². The summed E-state index contributed by atoms with van der Waals surface area (Å²) in [6.45, 7) is 1.21. The number of sulfonamides is 1. The lowest BCUT2D eigenvalue weighted by atomic mass is 9.99. The van der Waals surface area contributed by atoms with Crippen molar-refractivity contribution >= 4 is 21.6 Å². The Morgan fingerprint density at radius 2 is 2.12 bits per heavy atom. The number of hydrogen-bond donors (Lipinski definition) is 0. The fourth-order valence-electron chi connectivity index (χ4n) is 3.23. The van der Waals surface area contributed by atoms with Gasteiger partial charge in [0, 0.05) is 31.1 Å². The van der Waals surface area contributed by atoms with Gasteiger partial charge >= 0.3 is 5.69 Å². The number of hydrogen-bond acceptors (Lipinski definition) is 4. The van der Waals surface area contributed by atoms with Gasteiger partial charge in [-0.2, -0.15) is 5.10 Å². The molecule has 0 unspecified atom stereocenters. The summed E-state index contributed by atoms with van der Waals surface area (Å²) in [6, 6.07) is 7.30. The van der Waals surface area contributed by atoms with Crippen LogP contribution in [0.15, 0.2) is 29.1 Å². The zero-order valence-electron chi connectivity index (χ0n) is 14.2. The average Bonchev–Trinajstić information content (AvgIpc) is 2.83. The van der Waals surface area contributed by atoms with E-state index in [1.54, 1.807) is 19.2 Å². The second-order valence-corrected chi connectivity index (χ2v) is 8.87. The highest BCUT2D eigenvalue weighted by Gasteiger charge is 2.30. The minimum absolute atomic E-state index is 0.0817. The van der Waals surface area contributed by atoms with Crippen molar-refractivity contribution in [2.45, 2.75) is 25.3 Å². The molecule has 0 amide bonds. The lowest BCUT2D eigenvalue weighted by molar-refractivity contribution is 0.307. The number of halogens is 1. The molecule has 3 rings (SSSR count). The molecule has 2 heterocycles. The summed E-state index contributed by atoms with van der Waals surface area (Å²) < 4.78 is 28.0. The second-order valence-electron chi connectivity index (χ2n) is 6.45. The largest absolute Gasteiger partial charge is 0.345 e.